The molecule has 2 saturated carbocycles. The van der Waals surface area contributed by atoms with Gasteiger partial charge in [-0.25, -0.2) is 0 Å². The lowest BCUT2D eigenvalue weighted by atomic mass is 9.38. The topological polar surface area (TPSA) is 71.4 Å². The number of aliphatic hydroxyl groups excluding tert-OH is 1. The van der Waals surface area contributed by atoms with E-state index >= 15 is 0 Å². The van der Waals surface area contributed by atoms with Crippen LogP contribution < -0.4 is 0 Å². The number of benzene rings is 2. The van der Waals surface area contributed by atoms with E-state index in [0.717, 1.165) is 16.7 Å². The molecular formula is C35H40O4. The quantitative estimate of drug-likeness (QED) is 0.133. The Morgan fingerprint density at radius 1 is 0.821 bits per heavy atom. The van der Waals surface area contributed by atoms with Crippen molar-refractivity contribution >= 4 is 23.1 Å². The highest BCUT2D eigenvalue weighted by Gasteiger charge is 2.73. The van der Waals surface area contributed by atoms with Crippen LogP contribution in [0.2, 0.25) is 0 Å². The van der Waals surface area contributed by atoms with E-state index < -0.39 is 27.8 Å². The van der Waals surface area contributed by atoms with Crippen LogP contribution in [0.25, 0.3) is 5.76 Å². The van der Waals surface area contributed by atoms with Crippen LogP contribution in [0.5, 0.6) is 0 Å². The smallest absolute Gasteiger partial charge is 0.184 e. The number of hydrogen-bond donors (Lipinski definition) is 1. The van der Waals surface area contributed by atoms with Gasteiger partial charge >= 0.3 is 0 Å². The summed E-state index contributed by atoms with van der Waals surface area (Å²) in [7, 11) is 0. The first-order chi connectivity index (χ1) is 18.4. The van der Waals surface area contributed by atoms with Gasteiger partial charge in [0.1, 0.15) is 16.7 Å². The van der Waals surface area contributed by atoms with Gasteiger partial charge in [-0.3, -0.25) is 14.4 Å². The molecule has 4 nitrogen and oxygen atoms in total. The van der Waals surface area contributed by atoms with E-state index in [1.165, 1.54) is 0 Å². The van der Waals surface area contributed by atoms with Crippen molar-refractivity contribution in [1.29, 1.82) is 0 Å². The van der Waals surface area contributed by atoms with E-state index in [1.54, 1.807) is 24.3 Å². The second-order valence-electron chi connectivity index (χ2n) is 12.3. The number of allylic oxidation sites excluding steroid dienone is 5. The lowest BCUT2D eigenvalue weighted by molar-refractivity contribution is -0.176. The van der Waals surface area contributed by atoms with Crippen molar-refractivity contribution in [3.63, 3.8) is 0 Å². The Bertz CT molecular complexity index is 1370. The predicted molar refractivity (Wildman–Crippen MR) is 156 cm³/mol. The number of aliphatic hydroxyl groups is 1. The standard InChI is InChI=1S/C35H40O4/c1-23(2)17-19-34-22-27(21-25-13-9-7-10-14-25)33(5,6)35(32(34)39,20-18-24(3)4)31(38)28(30(34)37)29(36)26-15-11-8-12-16-26/h7-18,27,36H,19-22H2,1-6H3/t27-,34-,35+/m1/s1. The maximum Gasteiger partial charge on any atom is 0.184 e. The lowest BCUT2D eigenvalue weighted by Crippen LogP contribution is -2.69. The molecule has 1 N–H and O–H groups in total. The van der Waals surface area contributed by atoms with Gasteiger partial charge in [0.25, 0.3) is 0 Å². The Labute approximate surface area is 232 Å². The van der Waals surface area contributed by atoms with Crippen molar-refractivity contribution in [3.8, 4) is 0 Å². The predicted octanol–water partition coefficient (Wildman–Crippen LogP) is 7.65. The average molecular weight is 525 g/mol. The number of Topliss-reactive ketones (excluding diaryl/α,β-unsaturated/α-hetero) is 3. The van der Waals surface area contributed by atoms with Crippen molar-refractivity contribution < 1.29 is 19.5 Å². The molecule has 0 aromatic heterocycles. The average Bonchev–Trinajstić information content (AvgIpc) is 2.90. The first kappa shape index (κ1) is 28.5. The molecule has 4 rings (SSSR count). The molecule has 4 heteroatoms. The number of carbonyl (C=O) groups is 3. The largest absolute Gasteiger partial charge is 0.506 e. The van der Waals surface area contributed by atoms with E-state index in [2.05, 4.69) is 12.1 Å². The van der Waals surface area contributed by atoms with Crippen LogP contribution in [-0.4, -0.2) is 22.5 Å². The van der Waals surface area contributed by atoms with E-state index in [-0.39, 0.29) is 35.9 Å². The SMILES string of the molecule is CC(C)=CC[C@@]12C[C@@H](Cc3ccccc3)C(C)(C)[C@@](CC=C(C)C)(C(=O)C(=C(O)c3ccccc3)C1=O)C2=O. The minimum atomic E-state index is -1.48. The van der Waals surface area contributed by atoms with Crippen molar-refractivity contribution in [2.24, 2.45) is 22.2 Å². The summed E-state index contributed by atoms with van der Waals surface area (Å²) in [5.74, 6) is -1.83. The van der Waals surface area contributed by atoms with Gasteiger partial charge in [0, 0.05) is 5.56 Å². The molecule has 0 unspecified atom stereocenters. The minimum absolute atomic E-state index is 0.109. The van der Waals surface area contributed by atoms with E-state index in [4.69, 9.17) is 0 Å². The monoisotopic (exact) mass is 524 g/mol. The van der Waals surface area contributed by atoms with Crippen LogP contribution in [0.15, 0.2) is 89.5 Å². The van der Waals surface area contributed by atoms with Gasteiger partial charge in [-0.1, -0.05) is 97.8 Å². The summed E-state index contributed by atoms with van der Waals surface area (Å²) >= 11 is 0. The number of ketones is 3. The summed E-state index contributed by atoms with van der Waals surface area (Å²) in [6.07, 6.45) is 5.27. The molecule has 204 valence electrons. The summed E-state index contributed by atoms with van der Waals surface area (Å²) in [6.45, 7) is 11.8. The Morgan fingerprint density at radius 2 is 1.36 bits per heavy atom. The van der Waals surface area contributed by atoms with Crippen LogP contribution in [0.3, 0.4) is 0 Å². The molecule has 2 fully saturated rings. The van der Waals surface area contributed by atoms with Gasteiger partial charge in [0.15, 0.2) is 17.3 Å². The van der Waals surface area contributed by atoms with Crippen LogP contribution in [0.1, 0.15) is 71.9 Å². The fourth-order valence-electron chi connectivity index (χ4n) is 6.60. The summed E-state index contributed by atoms with van der Waals surface area (Å²) in [6, 6.07) is 18.8. The van der Waals surface area contributed by atoms with Gasteiger partial charge in [-0.2, -0.15) is 0 Å². The zero-order valence-electron chi connectivity index (χ0n) is 24.0. The maximum absolute atomic E-state index is 14.8. The van der Waals surface area contributed by atoms with Crippen molar-refractivity contribution in [2.75, 3.05) is 0 Å². The van der Waals surface area contributed by atoms with Gasteiger partial charge < -0.3 is 5.11 Å². The highest BCUT2D eigenvalue weighted by molar-refractivity contribution is 6.41. The highest BCUT2D eigenvalue weighted by atomic mass is 16.3. The van der Waals surface area contributed by atoms with Crippen LogP contribution in [0, 0.1) is 22.2 Å². The van der Waals surface area contributed by atoms with Crippen LogP contribution in [-0.2, 0) is 20.8 Å². The summed E-state index contributed by atoms with van der Waals surface area (Å²) in [4.78, 5) is 44.0. The Morgan fingerprint density at radius 3 is 1.92 bits per heavy atom. The van der Waals surface area contributed by atoms with E-state index in [0.29, 0.717) is 18.4 Å². The first-order valence-electron chi connectivity index (χ1n) is 13.8. The zero-order valence-corrected chi connectivity index (χ0v) is 24.0. The molecule has 2 aromatic carbocycles. The van der Waals surface area contributed by atoms with Crippen molar-refractivity contribution in [3.05, 3.63) is 101 Å². The minimum Gasteiger partial charge on any atom is -0.506 e. The number of hydrogen-bond acceptors (Lipinski definition) is 4. The van der Waals surface area contributed by atoms with Gasteiger partial charge in [-0.15, -0.1) is 0 Å². The molecule has 2 aromatic rings. The summed E-state index contributed by atoms with van der Waals surface area (Å²) in [5.41, 5.74) is -0.404. The number of rotatable bonds is 7. The first-order valence-corrected chi connectivity index (χ1v) is 13.8. The zero-order chi connectivity index (χ0) is 28.6. The van der Waals surface area contributed by atoms with Crippen LogP contribution in [0.4, 0.5) is 0 Å². The number of fused-ring (bicyclic) bond motifs is 2. The maximum atomic E-state index is 14.8. The molecule has 0 heterocycles. The molecule has 0 amide bonds. The molecule has 2 bridgehead atoms. The normalized spacial score (nSPS) is 27.1. The lowest BCUT2D eigenvalue weighted by Gasteiger charge is -2.60. The fraction of sp³-hybridized carbons (Fsp3) is 0.400. The molecular weight excluding hydrogens is 484 g/mol. The summed E-state index contributed by atoms with van der Waals surface area (Å²) < 4.78 is 0. The Kier molecular flexibility index (Phi) is 7.71. The second-order valence-corrected chi connectivity index (χ2v) is 12.3. The highest BCUT2D eigenvalue weighted by Crippen LogP contribution is 2.65. The third-order valence-corrected chi connectivity index (χ3v) is 9.10. The third kappa shape index (κ3) is 4.64. The summed E-state index contributed by atoms with van der Waals surface area (Å²) in [5, 5.41) is 11.5. The Hall–Kier alpha value is -3.53. The van der Waals surface area contributed by atoms with Gasteiger partial charge in [0.2, 0.25) is 0 Å². The molecule has 3 atom stereocenters. The molecule has 0 radical (unpaired) electrons. The molecule has 39 heavy (non-hydrogen) atoms. The van der Waals surface area contributed by atoms with Crippen molar-refractivity contribution in [1.82, 2.24) is 0 Å². The molecule has 2 aliphatic rings. The second kappa shape index (κ2) is 10.6. The third-order valence-electron chi connectivity index (χ3n) is 9.10. The molecule has 2 aliphatic carbocycles. The van der Waals surface area contributed by atoms with Gasteiger partial charge in [-0.05, 0) is 70.3 Å². The number of carbonyl (C=O) groups excluding carboxylic acids is 3. The molecule has 0 aliphatic heterocycles. The fourth-order valence-corrected chi connectivity index (χ4v) is 6.60. The molecule has 0 spiro atoms. The van der Waals surface area contributed by atoms with E-state index in [1.807, 2.05) is 78.0 Å². The van der Waals surface area contributed by atoms with Crippen molar-refractivity contribution in [2.45, 2.75) is 67.2 Å². The van der Waals surface area contributed by atoms with Crippen LogP contribution >= 0.6 is 0 Å². The van der Waals surface area contributed by atoms with Gasteiger partial charge in [0.05, 0.1) is 5.41 Å². The molecule has 0 saturated heterocycles. The van der Waals surface area contributed by atoms with E-state index in [9.17, 15) is 19.5 Å². The Balaban J connectivity index is 2.04.